The average molecular weight is 394 g/mol. The fourth-order valence-corrected chi connectivity index (χ4v) is 3.54. The number of benzene rings is 3. The topological polar surface area (TPSA) is 55.9 Å². The van der Waals surface area contributed by atoms with E-state index in [2.05, 4.69) is 66.1 Å². The highest BCUT2D eigenvalue weighted by Gasteiger charge is 2.23. The second-order valence-electron chi connectivity index (χ2n) is 5.97. The maximum absolute atomic E-state index is 6.36. The van der Waals surface area contributed by atoms with Gasteiger partial charge in [0.25, 0.3) is 0 Å². The standard InChI is InChI=1S/C21H19N3.BrH/c1-2-24-18-13-12-17(22)20(23)19(18)15-10-6-7-11-16(15)21(24)14-8-4-3-5-9-14;/h3-13,23H,2,22H2,1H3;1H. The van der Waals surface area contributed by atoms with E-state index < -0.39 is 0 Å². The third kappa shape index (κ3) is 2.63. The zero-order chi connectivity index (χ0) is 16.7. The molecule has 0 unspecified atom stereocenters. The van der Waals surface area contributed by atoms with Gasteiger partial charge >= 0.3 is 0 Å². The van der Waals surface area contributed by atoms with Gasteiger partial charge in [0, 0.05) is 17.0 Å². The van der Waals surface area contributed by atoms with E-state index in [1.165, 1.54) is 16.6 Å². The summed E-state index contributed by atoms with van der Waals surface area (Å²) >= 11 is 0. The number of nitrogens with two attached hydrogens (primary N) is 2. The molecular formula is C21H20BrN3. The van der Waals surface area contributed by atoms with Gasteiger partial charge in [-0.05, 0) is 31.2 Å². The molecule has 0 amide bonds. The van der Waals surface area contributed by atoms with Gasteiger partial charge in [0.2, 0.25) is 11.2 Å². The van der Waals surface area contributed by atoms with Crippen molar-refractivity contribution in [1.82, 2.24) is 0 Å². The average Bonchev–Trinajstić information content (AvgIpc) is 2.64. The normalized spacial score (nSPS) is 10.8. The molecule has 1 heterocycles. The van der Waals surface area contributed by atoms with Crippen LogP contribution in [0, 0.1) is 0 Å². The first-order chi connectivity index (χ1) is 11.7. The van der Waals surface area contributed by atoms with Crippen LogP contribution in [0.25, 0.3) is 32.9 Å². The Morgan fingerprint density at radius 1 is 0.800 bits per heavy atom. The van der Waals surface area contributed by atoms with Crippen molar-refractivity contribution in [3.63, 3.8) is 0 Å². The summed E-state index contributed by atoms with van der Waals surface area (Å²) in [5.74, 6) is 0. The Morgan fingerprint density at radius 2 is 1.44 bits per heavy atom. The van der Waals surface area contributed by atoms with Crippen molar-refractivity contribution in [1.29, 1.82) is 0 Å². The highest BCUT2D eigenvalue weighted by atomic mass is 79.9. The van der Waals surface area contributed by atoms with E-state index in [4.69, 9.17) is 11.5 Å². The molecule has 1 aromatic heterocycles. The molecule has 4 rings (SSSR count). The summed E-state index contributed by atoms with van der Waals surface area (Å²) in [6.45, 7) is 3.02. The summed E-state index contributed by atoms with van der Waals surface area (Å²) in [5, 5.41) is 3.36. The third-order valence-corrected chi connectivity index (χ3v) is 4.63. The van der Waals surface area contributed by atoms with Crippen molar-refractivity contribution in [3.8, 4) is 11.3 Å². The fourth-order valence-electron chi connectivity index (χ4n) is 3.54. The fraction of sp³-hybridized carbons (Fsp3) is 0.0952. The molecule has 25 heavy (non-hydrogen) atoms. The lowest BCUT2D eigenvalue weighted by atomic mass is 9.97. The summed E-state index contributed by atoms with van der Waals surface area (Å²) in [5.41, 5.74) is 17.3. The van der Waals surface area contributed by atoms with E-state index >= 15 is 0 Å². The number of halogens is 1. The monoisotopic (exact) mass is 393 g/mol. The van der Waals surface area contributed by atoms with Gasteiger partial charge in [0.1, 0.15) is 6.54 Å². The van der Waals surface area contributed by atoms with Crippen molar-refractivity contribution in [2.45, 2.75) is 13.5 Å². The Labute approximate surface area is 157 Å². The second-order valence-corrected chi connectivity index (χ2v) is 5.97. The van der Waals surface area contributed by atoms with Gasteiger partial charge in [-0.2, -0.15) is 4.57 Å². The zero-order valence-corrected chi connectivity index (χ0v) is 15.6. The Kier molecular flexibility index (Phi) is 4.64. The molecule has 4 heteroatoms. The Hall–Kier alpha value is -2.59. The molecule has 0 aliphatic heterocycles. The number of aromatic nitrogens is 1. The predicted octanol–water partition coefficient (Wildman–Crippen LogP) is 1.14. The van der Waals surface area contributed by atoms with Crippen LogP contribution < -0.4 is 33.0 Å². The molecule has 3 aromatic carbocycles. The highest BCUT2D eigenvalue weighted by Crippen LogP contribution is 2.35. The van der Waals surface area contributed by atoms with Gasteiger partial charge in [-0.1, -0.05) is 36.4 Å². The molecule has 0 fully saturated rings. The highest BCUT2D eigenvalue weighted by molar-refractivity contribution is 6.15. The molecule has 0 atom stereocenters. The first-order valence-corrected chi connectivity index (χ1v) is 8.20. The number of aryl methyl sites for hydroxylation is 1. The van der Waals surface area contributed by atoms with Gasteiger partial charge in [0.05, 0.1) is 22.1 Å². The van der Waals surface area contributed by atoms with Crippen molar-refractivity contribution in [2.75, 3.05) is 11.5 Å². The summed E-state index contributed by atoms with van der Waals surface area (Å²) in [7, 11) is 0. The lowest BCUT2D eigenvalue weighted by Gasteiger charge is -2.13. The molecule has 4 aromatic rings. The van der Waals surface area contributed by atoms with Crippen LogP contribution in [0.2, 0.25) is 0 Å². The maximum Gasteiger partial charge on any atom is 0.220 e. The van der Waals surface area contributed by atoms with Crippen LogP contribution in [0.4, 0.5) is 11.4 Å². The lowest BCUT2D eigenvalue weighted by Crippen LogP contribution is -3.00. The molecule has 4 N–H and O–H groups in total. The van der Waals surface area contributed by atoms with Crippen LogP contribution in [-0.4, -0.2) is 0 Å². The SMILES string of the molecule is CC[n+]1c(-c2ccccc2)c2ccccc2c2c(N)c(N)ccc21.[Br-]. The smallest absolute Gasteiger partial charge is 0.220 e. The van der Waals surface area contributed by atoms with Crippen LogP contribution in [0.3, 0.4) is 0 Å². The van der Waals surface area contributed by atoms with Crippen molar-refractivity contribution in [2.24, 2.45) is 0 Å². The molecule has 0 radical (unpaired) electrons. The first-order valence-electron chi connectivity index (χ1n) is 8.20. The molecule has 126 valence electrons. The number of anilines is 2. The first kappa shape index (κ1) is 17.2. The van der Waals surface area contributed by atoms with Crippen LogP contribution >= 0.6 is 0 Å². The third-order valence-electron chi connectivity index (χ3n) is 4.63. The van der Waals surface area contributed by atoms with Gasteiger partial charge in [-0.25, -0.2) is 0 Å². The minimum absolute atomic E-state index is 0. The second kappa shape index (κ2) is 6.73. The minimum Gasteiger partial charge on any atom is -1.00 e. The van der Waals surface area contributed by atoms with E-state index in [1.807, 2.05) is 12.1 Å². The number of hydrogen-bond acceptors (Lipinski definition) is 2. The van der Waals surface area contributed by atoms with Gasteiger partial charge < -0.3 is 28.4 Å². The number of hydrogen-bond donors (Lipinski definition) is 2. The summed E-state index contributed by atoms with van der Waals surface area (Å²) < 4.78 is 2.32. The molecule has 0 saturated carbocycles. The summed E-state index contributed by atoms with van der Waals surface area (Å²) in [6, 6.07) is 22.9. The molecule has 0 aliphatic rings. The van der Waals surface area contributed by atoms with Crippen LogP contribution in [0.5, 0.6) is 0 Å². The van der Waals surface area contributed by atoms with Crippen molar-refractivity contribution >= 4 is 33.1 Å². The lowest BCUT2D eigenvalue weighted by molar-refractivity contribution is -0.655. The van der Waals surface area contributed by atoms with Crippen LogP contribution in [0.1, 0.15) is 6.92 Å². The largest absolute Gasteiger partial charge is 1.00 e. The molecular weight excluding hydrogens is 374 g/mol. The van der Waals surface area contributed by atoms with Gasteiger partial charge in [0.15, 0.2) is 0 Å². The molecule has 0 spiro atoms. The Morgan fingerprint density at radius 3 is 2.12 bits per heavy atom. The molecule has 0 bridgehead atoms. The van der Waals surface area contributed by atoms with Gasteiger partial charge in [-0.3, -0.25) is 0 Å². The van der Waals surface area contributed by atoms with E-state index in [-0.39, 0.29) is 17.0 Å². The zero-order valence-electron chi connectivity index (χ0n) is 14.0. The number of nitrogen functional groups attached to an aromatic ring is 2. The summed E-state index contributed by atoms with van der Waals surface area (Å²) in [4.78, 5) is 0. The Balaban J connectivity index is 0.00000182. The summed E-state index contributed by atoms with van der Waals surface area (Å²) in [6.07, 6.45) is 0. The number of pyridine rings is 1. The predicted molar refractivity (Wildman–Crippen MR) is 102 cm³/mol. The quantitative estimate of drug-likeness (QED) is 0.304. The van der Waals surface area contributed by atoms with E-state index in [0.29, 0.717) is 11.4 Å². The number of rotatable bonds is 2. The van der Waals surface area contributed by atoms with Gasteiger partial charge in [-0.15, -0.1) is 0 Å². The minimum atomic E-state index is 0. The van der Waals surface area contributed by atoms with Crippen LogP contribution in [0.15, 0.2) is 66.7 Å². The molecule has 3 nitrogen and oxygen atoms in total. The Bertz CT molecular complexity index is 1060. The van der Waals surface area contributed by atoms with E-state index in [0.717, 1.165) is 22.8 Å². The van der Waals surface area contributed by atoms with Crippen LogP contribution in [-0.2, 0) is 6.54 Å². The maximum atomic E-state index is 6.36. The molecule has 0 aliphatic carbocycles. The van der Waals surface area contributed by atoms with E-state index in [1.54, 1.807) is 0 Å². The molecule has 0 saturated heterocycles. The van der Waals surface area contributed by atoms with Crippen molar-refractivity contribution in [3.05, 3.63) is 66.7 Å². The van der Waals surface area contributed by atoms with Crippen molar-refractivity contribution < 1.29 is 21.5 Å². The number of fused-ring (bicyclic) bond motifs is 3. The van der Waals surface area contributed by atoms with E-state index in [9.17, 15) is 0 Å². The number of nitrogens with zero attached hydrogens (tertiary/aromatic N) is 1.